The molecule has 0 atom stereocenters. The molecule has 0 amide bonds. The van der Waals surface area contributed by atoms with E-state index in [9.17, 15) is 0 Å². The number of hydrogen-bond donors (Lipinski definition) is 1. The van der Waals surface area contributed by atoms with Crippen molar-refractivity contribution in [3.63, 3.8) is 0 Å². The predicted molar refractivity (Wildman–Crippen MR) is 105 cm³/mol. The summed E-state index contributed by atoms with van der Waals surface area (Å²) in [5, 5.41) is 4.08. The maximum Gasteiger partial charge on any atom is 0.162 e. The van der Waals surface area contributed by atoms with Gasteiger partial charge in [0, 0.05) is 35.3 Å². The molecular formula is C19H23BrClNO3. The van der Waals surface area contributed by atoms with Crippen molar-refractivity contribution in [2.24, 2.45) is 0 Å². The first-order chi connectivity index (χ1) is 12.2. The minimum Gasteiger partial charge on any atom is -0.493 e. The van der Waals surface area contributed by atoms with Crippen molar-refractivity contribution in [1.82, 2.24) is 5.32 Å². The SMILES string of the molecule is COCCCNCc1cc(OC)c(OCc2ccccc2Cl)cc1Br. The van der Waals surface area contributed by atoms with E-state index in [1.54, 1.807) is 14.2 Å². The Morgan fingerprint density at radius 2 is 1.88 bits per heavy atom. The van der Waals surface area contributed by atoms with Gasteiger partial charge in [-0.15, -0.1) is 0 Å². The van der Waals surface area contributed by atoms with Gasteiger partial charge in [-0.25, -0.2) is 0 Å². The summed E-state index contributed by atoms with van der Waals surface area (Å²) < 4.78 is 17.4. The average molecular weight is 429 g/mol. The maximum absolute atomic E-state index is 6.18. The summed E-state index contributed by atoms with van der Waals surface area (Å²) in [5.74, 6) is 1.38. The van der Waals surface area contributed by atoms with Crippen LogP contribution in [-0.4, -0.2) is 27.4 Å². The highest BCUT2D eigenvalue weighted by Gasteiger charge is 2.11. The van der Waals surface area contributed by atoms with Crippen LogP contribution in [-0.2, 0) is 17.9 Å². The van der Waals surface area contributed by atoms with Crippen LogP contribution < -0.4 is 14.8 Å². The molecule has 0 aliphatic heterocycles. The van der Waals surface area contributed by atoms with Gasteiger partial charge in [-0.2, -0.15) is 0 Å². The van der Waals surface area contributed by atoms with Crippen molar-refractivity contribution in [3.8, 4) is 11.5 Å². The molecule has 0 aliphatic carbocycles. The number of rotatable bonds is 10. The second-order valence-corrected chi connectivity index (χ2v) is 6.76. The fourth-order valence-electron chi connectivity index (χ4n) is 2.32. The Hall–Kier alpha value is -1.27. The van der Waals surface area contributed by atoms with Gasteiger partial charge in [-0.05, 0) is 36.7 Å². The third-order valence-electron chi connectivity index (χ3n) is 3.69. The number of ether oxygens (including phenoxy) is 3. The first-order valence-electron chi connectivity index (χ1n) is 8.08. The highest BCUT2D eigenvalue weighted by Crippen LogP contribution is 2.34. The molecule has 2 aromatic carbocycles. The Balaban J connectivity index is 2.01. The minimum absolute atomic E-state index is 0.386. The van der Waals surface area contributed by atoms with Crippen molar-refractivity contribution in [3.05, 3.63) is 57.0 Å². The monoisotopic (exact) mass is 427 g/mol. The number of methoxy groups -OCH3 is 2. The van der Waals surface area contributed by atoms with Crippen molar-refractivity contribution in [1.29, 1.82) is 0 Å². The van der Waals surface area contributed by atoms with Crippen LogP contribution in [0, 0.1) is 0 Å². The first-order valence-corrected chi connectivity index (χ1v) is 9.25. The van der Waals surface area contributed by atoms with E-state index in [1.807, 2.05) is 36.4 Å². The van der Waals surface area contributed by atoms with Gasteiger partial charge in [0.1, 0.15) is 6.61 Å². The molecule has 2 aromatic rings. The zero-order valence-corrected chi connectivity index (χ0v) is 16.8. The average Bonchev–Trinajstić information content (AvgIpc) is 2.62. The van der Waals surface area contributed by atoms with Crippen LogP contribution in [0.4, 0.5) is 0 Å². The molecule has 1 N–H and O–H groups in total. The van der Waals surface area contributed by atoms with E-state index in [0.717, 1.165) is 41.7 Å². The smallest absolute Gasteiger partial charge is 0.162 e. The summed E-state index contributed by atoms with van der Waals surface area (Å²) >= 11 is 9.78. The molecule has 0 radical (unpaired) electrons. The van der Waals surface area contributed by atoms with Gasteiger partial charge in [-0.1, -0.05) is 45.7 Å². The van der Waals surface area contributed by atoms with Crippen LogP contribution in [0.2, 0.25) is 5.02 Å². The van der Waals surface area contributed by atoms with E-state index in [2.05, 4.69) is 21.2 Å². The summed E-state index contributed by atoms with van der Waals surface area (Å²) in [6.07, 6.45) is 0.976. The summed E-state index contributed by atoms with van der Waals surface area (Å²) in [4.78, 5) is 0. The highest BCUT2D eigenvalue weighted by molar-refractivity contribution is 9.10. The number of halogens is 2. The van der Waals surface area contributed by atoms with Gasteiger partial charge >= 0.3 is 0 Å². The van der Waals surface area contributed by atoms with Crippen LogP contribution in [0.5, 0.6) is 11.5 Å². The largest absolute Gasteiger partial charge is 0.493 e. The molecule has 2 rings (SSSR count). The summed E-state index contributed by atoms with van der Waals surface area (Å²) in [5.41, 5.74) is 2.05. The number of nitrogens with one attached hydrogen (secondary N) is 1. The summed E-state index contributed by atoms with van der Waals surface area (Å²) in [6.45, 7) is 2.78. The van der Waals surface area contributed by atoms with Crippen LogP contribution in [0.1, 0.15) is 17.5 Å². The Labute approximate surface area is 162 Å². The fraction of sp³-hybridized carbons (Fsp3) is 0.368. The molecule has 0 bridgehead atoms. The maximum atomic E-state index is 6.18. The molecular weight excluding hydrogens is 406 g/mol. The lowest BCUT2D eigenvalue weighted by Gasteiger charge is -2.15. The fourth-order valence-corrected chi connectivity index (χ4v) is 2.97. The van der Waals surface area contributed by atoms with E-state index in [4.69, 9.17) is 25.8 Å². The Morgan fingerprint density at radius 1 is 1.08 bits per heavy atom. The van der Waals surface area contributed by atoms with Gasteiger partial charge in [0.2, 0.25) is 0 Å². The number of benzene rings is 2. The van der Waals surface area contributed by atoms with E-state index in [0.29, 0.717) is 23.1 Å². The second-order valence-electron chi connectivity index (χ2n) is 5.50. The highest BCUT2D eigenvalue weighted by atomic mass is 79.9. The van der Waals surface area contributed by atoms with E-state index < -0.39 is 0 Å². The lowest BCUT2D eigenvalue weighted by Crippen LogP contribution is -2.16. The molecule has 0 saturated carbocycles. The van der Waals surface area contributed by atoms with Crippen LogP contribution in [0.25, 0.3) is 0 Å². The molecule has 0 aromatic heterocycles. The lowest BCUT2D eigenvalue weighted by molar-refractivity contribution is 0.194. The van der Waals surface area contributed by atoms with Crippen molar-refractivity contribution >= 4 is 27.5 Å². The van der Waals surface area contributed by atoms with E-state index in [-0.39, 0.29) is 0 Å². The van der Waals surface area contributed by atoms with E-state index in [1.165, 1.54) is 0 Å². The zero-order chi connectivity index (χ0) is 18.1. The number of hydrogen-bond acceptors (Lipinski definition) is 4. The van der Waals surface area contributed by atoms with Crippen LogP contribution >= 0.6 is 27.5 Å². The summed E-state index contributed by atoms with van der Waals surface area (Å²) in [7, 11) is 3.35. The van der Waals surface area contributed by atoms with Crippen LogP contribution in [0.3, 0.4) is 0 Å². The topological polar surface area (TPSA) is 39.7 Å². The third-order valence-corrected chi connectivity index (χ3v) is 4.80. The van der Waals surface area contributed by atoms with Gasteiger partial charge < -0.3 is 19.5 Å². The van der Waals surface area contributed by atoms with Crippen molar-refractivity contribution < 1.29 is 14.2 Å². The Morgan fingerprint density at radius 3 is 2.60 bits per heavy atom. The molecule has 0 aliphatic rings. The quantitative estimate of drug-likeness (QED) is 0.551. The lowest BCUT2D eigenvalue weighted by atomic mass is 10.2. The minimum atomic E-state index is 0.386. The molecule has 4 nitrogen and oxygen atoms in total. The molecule has 25 heavy (non-hydrogen) atoms. The molecule has 0 saturated heterocycles. The Bertz CT molecular complexity index is 682. The third kappa shape index (κ3) is 6.19. The second kappa shape index (κ2) is 10.7. The van der Waals surface area contributed by atoms with Gasteiger partial charge in [0.15, 0.2) is 11.5 Å². The predicted octanol–water partition coefficient (Wildman–Crippen LogP) is 4.82. The Kier molecular flexibility index (Phi) is 8.55. The van der Waals surface area contributed by atoms with Crippen LogP contribution in [0.15, 0.2) is 40.9 Å². The molecule has 0 unspecified atom stereocenters. The first kappa shape index (κ1) is 20.0. The molecule has 0 fully saturated rings. The molecule has 136 valence electrons. The zero-order valence-electron chi connectivity index (χ0n) is 14.5. The standard InChI is InChI=1S/C19H23BrClNO3/c1-23-9-5-8-22-12-15-10-18(24-2)19(11-16(15)20)25-13-14-6-3-4-7-17(14)21/h3-4,6-7,10-11,22H,5,8-9,12-13H2,1-2H3. The van der Waals surface area contributed by atoms with E-state index >= 15 is 0 Å². The van der Waals surface area contributed by atoms with Gasteiger partial charge in [0.25, 0.3) is 0 Å². The van der Waals surface area contributed by atoms with Crippen molar-refractivity contribution in [2.75, 3.05) is 27.4 Å². The summed E-state index contributed by atoms with van der Waals surface area (Å²) in [6, 6.07) is 11.6. The van der Waals surface area contributed by atoms with Crippen molar-refractivity contribution in [2.45, 2.75) is 19.6 Å². The molecule has 0 spiro atoms. The molecule has 6 heteroatoms. The van der Waals surface area contributed by atoms with Gasteiger partial charge in [0.05, 0.1) is 7.11 Å². The molecule has 0 heterocycles. The normalized spacial score (nSPS) is 10.7. The van der Waals surface area contributed by atoms with Gasteiger partial charge in [-0.3, -0.25) is 0 Å².